The number of methoxy groups -OCH3 is 1. The summed E-state index contributed by atoms with van der Waals surface area (Å²) in [5.41, 5.74) is 0.830. The fraction of sp³-hybridized carbons (Fsp3) is 0.588. The molecule has 1 aromatic rings. The Morgan fingerprint density at radius 2 is 2.27 bits per heavy atom. The average molecular weight is 325 g/mol. The lowest BCUT2D eigenvalue weighted by Gasteiger charge is -2.37. The lowest BCUT2D eigenvalue weighted by Crippen LogP contribution is -2.49. The van der Waals surface area contributed by atoms with Crippen molar-refractivity contribution in [3.8, 4) is 5.75 Å². The van der Waals surface area contributed by atoms with E-state index in [1.807, 2.05) is 17.9 Å². The van der Waals surface area contributed by atoms with E-state index in [0.717, 1.165) is 31.5 Å². The summed E-state index contributed by atoms with van der Waals surface area (Å²) < 4.78 is 5.14. The molecule has 1 aromatic carbocycles. The summed E-state index contributed by atoms with van der Waals surface area (Å²) in [6.07, 6.45) is 4.46. The maximum Gasteiger partial charge on any atom is 0.245 e. The van der Waals surface area contributed by atoms with Crippen LogP contribution in [0, 0.1) is 0 Å². The molecule has 122 valence electrons. The second-order valence-corrected chi connectivity index (χ2v) is 6.21. The zero-order valence-electron chi connectivity index (χ0n) is 13.6. The van der Waals surface area contributed by atoms with Crippen LogP contribution in [0.25, 0.3) is 0 Å². The summed E-state index contributed by atoms with van der Waals surface area (Å²) in [5.74, 6) is 0.798. The van der Waals surface area contributed by atoms with Gasteiger partial charge in [0, 0.05) is 18.3 Å². The molecule has 4 nitrogen and oxygen atoms in total. The Bertz CT molecular complexity index is 521. The van der Waals surface area contributed by atoms with Crippen LogP contribution in [0.3, 0.4) is 0 Å². The van der Waals surface area contributed by atoms with Gasteiger partial charge in [0.1, 0.15) is 11.8 Å². The van der Waals surface area contributed by atoms with E-state index in [4.69, 9.17) is 16.3 Å². The smallest absolute Gasteiger partial charge is 0.245 e. The highest BCUT2D eigenvalue weighted by atomic mass is 35.5. The van der Waals surface area contributed by atoms with Gasteiger partial charge in [-0.3, -0.25) is 4.79 Å². The number of nitrogens with one attached hydrogen (secondary N) is 1. The van der Waals surface area contributed by atoms with E-state index in [-0.39, 0.29) is 11.9 Å². The van der Waals surface area contributed by atoms with Gasteiger partial charge in [0.05, 0.1) is 12.1 Å². The molecule has 0 bridgehead atoms. The second-order valence-electron chi connectivity index (χ2n) is 5.80. The van der Waals surface area contributed by atoms with E-state index in [2.05, 4.69) is 12.2 Å². The molecular weight excluding hydrogens is 300 g/mol. The van der Waals surface area contributed by atoms with E-state index in [1.165, 1.54) is 6.42 Å². The third kappa shape index (κ3) is 3.86. The first kappa shape index (κ1) is 16.9. The van der Waals surface area contributed by atoms with Gasteiger partial charge < -0.3 is 15.0 Å². The Morgan fingerprint density at radius 3 is 2.91 bits per heavy atom. The van der Waals surface area contributed by atoms with E-state index < -0.39 is 0 Å². The number of nitrogens with zero attached hydrogens (tertiary/aromatic N) is 1. The van der Waals surface area contributed by atoms with E-state index in [9.17, 15) is 4.79 Å². The molecule has 1 heterocycles. The third-order valence-corrected chi connectivity index (χ3v) is 4.58. The zero-order chi connectivity index (χ0) is 16.1. The number of halogens is 1. The molecule has 0 aliphatic carbocycles. The number of benzene rings is 1. The van der Waals surface area contributed by atoms with Crippen LogP contribution in [-0.4, -0.2) is 36.5 Å². The second kappa shape index (κ2) is 7.73. The number of ether oxygens (including phenoxy) is 1. The minimum absolute atomic E-state index is 0.165. The molecule has 1 fully saturated rings. The molecule has 1 aliphatic rings. The van der Waals surface area contributed by atoms with Gasteiger partial charge >= 0.3 is 0 Å². The number of rotatable bonds is 5. The fourth-order valence-corrected chi connectivity index (χ4v) is 3.29. The summed E-state index contributed by atoms with van der Waals surface area (Å²) in [4.78, 5) is 14.7. The predicted molar refractivity (Wildman–Crippen MR) is 90.7 cm³/mol. The molecule has 0 radical (unpaired) electrons. The van der Waals surface area contributed by atoms with Gasteiger partial charge in [0.2, 0.25) is 5.91 Å². The standard InChI is InChI=1S/C17H25ClN2O2/c1-4-14-7-5-6-10-20(14)17(21)12(2)19-13-8-9-16(22-3)15(18)11-13/h8-9,11-12,14,19H,4-7,10H2,1-3H3. The van der Waals surface area contributed by atoms with Gasteiger partial charge in [-0.1, -0.05) is 18.5 Å². The Labute approximate surface area is 137 Å². The first-order valence-corrected chi connectivity index (χ1v) is 8.35. The van der Waals surface area contributed by atoms with E-state index >= 15 is 0 Å². The van der Waals surface area contributed by atoms with Crippen molar-refractivity contribution in [3.05, 3.63) is 23.2 Å². The van der Waals surface area contributed by atoms with Crippen LogP contribution in [-0.2, 0) is 4.79 Å². The normalized spacial score (nSPS) is 19.6. The van der Waals surface area contributed by atoms with Gasteiger partial charge in [-0.2, -0.15) is 0 Å². The number of hydrogen-bond donors (Lipinski definition) is 1. The number of carbonyl (C=O) groups is 1. The molecule has 1 N–H and O–H groups in total. The number of anilines is 1. The lowest BCUT2D eigenvalue weighted by molar-refractivity contribution is -0.135. The lowest BCUT2D eigenvalue weighted by atomic mass is 9.99. The highest BCUT2D eigenvalue weighted by molar-refractivity contribution is 6.32. The molecule has 0 spiro atoms. The average Bonchev–Trinajstić information content (AvgIpc) is 2.54. The molecule has 22 heavy (non-hydrogen) atoms. The Kier molecular flexibility index (Phi) is 5.95. The van der Waals surface area contributed by atoms with Crippen molar-refractivity contribution in [1.29, 1.82) is 0 Å². The van der Waals surface area contributed by atoms with Crippen molar-refractivity contribution in [2.45, 2.75) is 51.6 Å². The molecule has 1 saturated heterocycles. The van der Waals surface area contributed by atoms with E-state index in [0.29, 0.717) is 16.8 Å². The first-order chi connectivity index (χ1) is 10.6. The summed E-state index contributed by atoms with van der Waals surface area (Å²) in [5, 5.41) is 3.78. The van der Waals surface area contributed by atoms with Gasteiger partial charge in [0.15, 0.2) is 0 Å². The summed E-state index contributed by atoms with van der Waals surface area (Å²) in [7, 11) is 1.59. The van der Waals surface area contributed by atoms with Gasteiger partial charge in [-0.15, -0.1) is 0 Å². The van der Waals surface area contributed by atoms with Crippen LogP contribution in [0.2, 0.25) is 5.02 Å². The molecular formula is C17H25ClN2O2. The van der Waals surface area contributed by atoms with Crippen molar-refractivity contribution in [3.63, 3.8) is 0 Å². The Hall–Kier alpha value is -1.42. The highest BCUT2D eigenvalue weighted by Gasteiger charge is 2.28. The Balaban J connectivity index is 2.03. The maximum absolute atomic E-state index is 12.7. The van der Waals surface area contributed by atoms with Gasteiger partial charge in [-0.05, 0) is 50.8 Å². The van der Waals surface area contributed by atoms with Crippen LogP contribution in [0.4, 0.5) is 5.69 Å². The molecule has 2 atom stereocenters. The quantitative estimate of drug-likeness (QED) is 0.892. The van der Waals surface area contributed by atoms with Crippen molar-refractivity contribution in [2.24, 2.45) is 0 Å². The summed E-state index contributed by atoms with van der Waals surface area (Å²) >= 11 is 6.13. The van der Waals surface area contributed by atoms with Crippen molar-refractivity contribution >= 4 is 23.2 Å². The minimum atomic E-state index is -0.267. The van der Waals surface area contributed by atoms with Gasteiger partial charge in [-0.25, -0.2) is 0 Å². The third-order valence-electron chi connectivity index (χ3n) is 4.29. The molecule has 2 unspecified atom stereocenters. The van der Waals surface area contributed by atoms with Crippen molar-refractivity contribution in [2.75, 3.05) is 19.0 Å². The topological polar surface area (TPSA) is 41.6 Å². The van der Waals surface area contributed by atoms with Crippen molar-refractivity contribution < 1.29 is 9.53 Å². The van der Waals surface area contributed by atoms with Crippen LogP contribution in [0.15, 0.2) is 18.2 Å². The molecule has 1 amide bonds. The highest BCUT2D eigenvalue weighted by Crippen LogP contribution is 2.28. The number of carbonyl (C=O) groups excluding carboxylic acids is 1. The number of amides is 1. The predicted octanol–water partition coefficient (Wildman–Crippen LogP) is 3.94. The minimum Gasteiger partial charge on any atom is -0.495 e. The monoisotopic (exact) mass is 324 g/mol. The molecule has 1 aliphatic heterocycles. The van der Waals surface area contributed by atoms with Crippen LogP contribution < -0.4 is 10.1 Å². The SMILES string of the molecule is CCC1CCCCN1C(=O)C(C)Nc1ccc(OC)c(Cl)c1. The Morgan fingerprint density at radius 1 is 1.50 bits per heavy atom. The van der Waals surface area contributed by atoms with Crippen LogP contribution in [0.1, 0.15) is 39.5 Å². The zero-order valence-corrected chi connectivity index (χ0v) is 14.3. The number of piperidine rings is 1. The fourth-order valence-electron chi connectivity index (χ4n) is 3.03. The largest absolute Gasteiger partial charge is 0.495 e. The molecule has 0 aromatic heterocycles. The van der Waals surface area contributed by atoms with E-state index in [1.54, 1.807) is 19.2 Å². The molecule has 2 rings (SSSR count). The molecule has 5 heteroatoms. The van der Waals surface area contributed by atoms with Crippen LogP contribution in [0.5, 0.6) is 5.75 Å². The van der Waals surface area contributed by atoms with Gasteiger partial charge in [0.25, 0.3) is 0 Å². The first-order valence-electron chi connectivity index (χ1n) is 7.97. The summed E-state index contributed by atoms with van der Waals surface area (Å²) in [6.45, 7) is 4.92. The maximum atomic E-state index is 12.7. The number of likely N-dealkylation sites (tertiary alicyclic amines) is 1. The summed E-state index contributed by atoms with van der Waals surface area (Å²) in [6, 6.07) is 5.58. The molecule has 0 saturated carbocycles. The number of hydrogen-bond acceptors (Lipinski definition) is 3. The van der Waals surface area contributed by atoms with Crippen LogP contribution >= 0.6 is 11.6 Å². The van der Waals surface area contributed by atoms with Crippen molar-refractivity contribution in [1.82, 2.24) is 4.90 Å².